The highest BCUT2D eigenvalue weighted by molar-refractivity contribution is 6.01. The molecule has 78 valence electrons. The van der Waals surface area contributed by atoms with Crippen LogP contribution in [0.4, 0.5) is 0 Å². The smallest absolute Gasteiger partial charge is 0.220 e. The zero-order valence-corrected chi connectivity index (χ0v) is 8.86. The summed E-state index contributed by atoms with van der Waals surface area (Å²) in [4.78, 5) is 10.6. The Morgan fingerprint density at radius 3 is 2.57 bits per heavy atom. The Kier molecular flexibility index (Phi) is 4.32. The van der Waals surface area contributed by atoms with Crippen LogP contribution in [0.2, 0.25) is 0 Å². The van der Waals surface area contributed by atoms with Crippen molar-refractivity contribution in [3.05, 3.63) is 12.7 Å². The lowest BCUT2D eigenvalue weighted by Gasteiger charge is -2.27. The van der Waals surface area contributed by atoms with Crippen molar-refractivity contribution in [1.29, 1.82) is 0 Å². The molecule has 4 heteroatoms. The summed E-state index contributed by atoms with van der Waals surface area (Å²) in [7, 11) is 1.75. The molecule has 0 N–H and O–H groups in total. The topological polar surface area (TPSA) is 37.2 Å². The average Bonchev–Trinajstić information content (AvgIpc) is 2.26. The first-order valence-corrected chi connectivity index (χ1v) is 4.75. The van der Waals surface area contributed by atoms with Crippen molar-refractivity contribution in [3.8, 4) is 0 Å². The lowest BCUT2D eigenvalue weighted by molar-refractivity contribution is 0.0675. The van der Waals surface area contributed by atoms with Crippen LogP contribution in [0.15, 0.2) is 22.6 Å². The third-order valence-corrected chi connectivity index (χ3v) is 2.07. The van der Waals surface area contributed by atoms with Crippen LogP contribution in [0.5, 0.6) is 0 Å². The molecule has 0 aromatic carbocycles. The number of hydrogen-bond acceptors (Lipinski definition) is 2. The van der Waals surface area contributed by atoms with E-state index in [0.29, 0.717) is 0 Å². The van der Waals surface area contributed by atoms with Gasteiger partial charge in [0.1, 0.15) is 0 Å². The Bertz CT molecular complexity index is 252. The number of ether oxygens (including phenoxy) is 1. The molecule has 1 fully saturated rings. The van der Waals surface area contributed by atoms with Gasteiger partial charge in [0.15, 0.2) is 0 Å². The SMILES string of the molecule is C=C/C(C)=N\C(=NC)N1CCOCC1. The molecule has 1 heterocycles. The summed E-state index contributed by atoms with van der Waals surface area (Å²) in [6.07, 6.45) is 1.73. The minimum atomic E-state index is 0.752. The average molecular weight is 195 g/mol. The molecular formula is C10H17N3O. The number of hydrogen-bond donors (Lipinski definition) is 0. The lowest BCUT2D eigenvalue weighted by atomic mass is 10.4. The second-order valence-corrected chi connectivity index (χ2v) is 3.08. The Balaban J connectivity index is 2.66. The Morgan fingerprint density at radius 1 is 1.43 bits per heavy atom. The van der Waals surface area contributed by atoms with Gasteiger partial charge in [-0.15, -0.1) is 0 Å². The molecule has 0 atom stereocenters. The van der Waals surface area contributed by atoms with Crippen molar-refractivity contribution in [2.45, 2.75) is 6.92 Å². The van der Waals surface area contributed by atoms with Gasteiger partial charge in [-0.05, 0) is 13.0 Å². The predicted octanol–water partition coefficient (Wildman–Crippen LogP) is 0.951. The summed E-state index contributed by atoms with van der Waals surface area (Å²) < 4.78 is 5.26. The molecule has 1 saturated heterocycles. The van der Waals surface area contributed by atoms with Crippen LogP contribution in [-0.4, -0.2) is 49.9 Å². The van der Waals surface area contributed by atoms with Gasteiger partial charge in [0, 0.05) is 25.8 Å². The van der Waals surface area contributed by atoms with E-state index >= 15 is 0 Å². The molecule has 1 aliphatic heterocycles. The molecule has 4 nitrogen and oxygen atoms in total. The van der Waals surface area contributed by atoms with Crippen LogP contribution in [0.1, 0.15) is 6.92 Å². The molecule has 1 aliphatic rings. The quantitative estimate of drug-likeness (QED) is 0.461. The van der Waals surface area contributed by atoms with E-state index in [1.165, 1.54) is 0 Å². The van der Waals surface area contributed by atoms with Crippen LogP contribution < -0.4 is 0 Å². The fourth-order valence-corrected chi connectivity index (χ4v) is 1.23. The van der Waals surface area contributed by atoms with Crippen molar-refractivity contribution in [2.24, 2.45) is 9.98 Å². The van der Waals surface area contributed by atoms with E-state index in [-0.39, 0.29) is 0 Å². The summed E-state index contributed by atoms with van der Waals surface area (Å²) in [6.45, 7) is 8.81. The molecule has 0 aliphatic carbocycles. The van der Waals surface area contributed by atoms with E-state index in [9.17, 15) is 0 Å². The minimum absolute atomic E-state index is 0.752. The third kappa shape index (κ3) is 2.96. The Morgan fingerprint density at radius 2 is 2.07 bits per heavy atom. The molecule has 0 radical (unpaired) electrons. The second-order valence-electron chi connectivity index (χ2n) is 3.08. The third-order valence-electron chi connectivity index (χ3n) is 2.07. The first-order valence-electron chi connectivity index (χ1n) is 4.75. The van der Waals surface area contributed by atoms with Gasteiger partial charge in [-0.3, -0.25) is 4.99 Å². The maximum atomic E-state index is 5.26. The van der Waals surface area contributed by atoms with Crippen molar-refractivity contribution in [2.75, 3.05) is 33.4 Å². The summed E-state index contributed by atoms with van der Waals surface area (Å²) in [5.74, 6) is 0.769. The normalized spacial score (nSPS) is 19.7. The molecule has 14 heavy (non-hydrogen) atoms. The van der Waals surface area contributed by atoms with E-state index in [0.717, 1.165) is 38.0 Å². The van der Waals surface area contributed by atoms with Crippen LogP contribution in [0.25, 0.3) is 0 Å². The molecule has 0 spiro atoms. The maximum Gasteiger partial charge on any atom is 0.220 e. The van der Waals surface area contributed by atoms with Gasteiger partial charge in [0.2, 0.25) is 5.96 Å². The second kappa shape index (κ2) is 5.54. The van der Waals surface area contributed by atoms with Crippen LogP contribution in [-0.2, 0) is 4.74 Å². The van der Waals surface area contributed by atoms with Crippen molar-refractivity contribution in [3.63, 3.8) is 0 Å². The van der Waals surface area contributed by atoms with Crippen molar-refractivity contribution in [1.82, 2.24) is 4.90 Å². The van der Waals surface area contributed by atoms with Crippen LogP contribution in [0, 0.1) is 0 Å². The highest BCUT2D eigenvalue weighted by Gasteiger charge is 2.13. The zero-order valence-electron chi connectivity index (χ0n) is 8.86. The Hall–Kier alpha value is -1.16. The lowest BCUT2D eigenvalue weighted by Crippen LogP contribution is -2.40. The molecule has 0 amide bonds. The zero-order chi connectivity index (χ0) is 10.4. The fraction of sp³-hybridized carbons (Fsp3) is 0.600. The van der Waals surface area contributed by atoms with Crippen LogP contribution >= 0.6 is 0 Å². The largest absolute Gasteiger partial charge is 0.378 e. The van der Waals surface area contributed by atoms with E-state index in [1.54, 1.807) is 13.1 Å². The summed E-state index contributed by atoms with van der Waals surface area (Å²) in [6, 6.07) is 0. The fourth-order valence-electron chi connectivity index (χ4n) is 1.23. The Labute approximate surface area is 85.0 Å². The molecule has 0 unspecified atom stereocenters. The first-order chi connectivity index (χ1) is 6.77. The summed E-state index contributed by atoms with van der Waals surface area (Å²) in [5.41, 5.74) is 0.886. The molecule has 0 aromatic rings. The van der Waals surface area contributed by atoms with Crippen molar-refractivity contribution < 1.29 is 4.74 Å². The number of morpholine rings is 1. The van der Waals surface area contributed by atoms with Crippen molar-refractivity contribution >= 4 is 11.7 Å². The minimum Gasteiger partial charge on any atom is -0.378 e. The molecule has 0 aromatic heterocycles. The highest BCUT2D eigenvalue weighted by Crippen LogP contribution is 2.00. The number of allylic oxidation sites excluding steroid dienone is 1. The first kappa shape index (κ1) is 10.9. The summed E-state index contributed by atoms with van der Waals surface area (Å²) in [5, 5.41) is 0. The standard InChI is InChI=1S/C10H17N3O/c1-4-9(2)12-10(11-3)13-5-7-14-8-6-13/h4H,1,5-8H2,2-3H3/b11-10?,12-9-. The monoisotopic (exact) mass is 195 g/mol. The van der Waals surface area contributed by atoms with Gasteiger partial charge >= 0.3 is 0 Å². The van der Waals surface area contributed by atoms with Gasteiger partial charge in [-0.2, -0.15) is 0 Å². The van der Waals surface area contributed by atoms with Gasteiger partial charge in [0.25, 0.3) is 0 Å². The van der Waals surface area contributed by atoms with E-state index in [1.807, 2.05) is 6.92 Å². The van der Waals surface area contributed by atoms with Crippen LogP contribution in [0.3, 0.4) is 0 Å². The molecule has 0 saturated carbocycles. The molecule has 0 bridgehead atoms. The predicted molar refractivity (Wildman–Crippen MR) is 59.1 cm³/mol. The molecular weight excluding hydrogens is 178 g/mol. The van der Waals surface area contributed by atoms with Gasteiger partial charge in [-0.1, -0.05) is 6.58 Å². The van der Waals surface area contributed by atoms with E-state index in [2.05, 4.69) is 21.5 Å². The van der Waals surface area contributed by atoms with E-state index < -0.39 is 0 Å². The maximum absolute atomic E-state index is 5.26. The van der Waals surface area contributed by atoms with Gasteiger partial charge < -0.3 is 9.64 Å². The number of guanidine groups is 1. The number of nitrogens with zero attached hydrogens (tertiary/aromatic N) is 3. The number of rotatable bonds is 1. The van der Waals surface area contributed by atoms with Gasteiger partial charge in [0.05, 0.1) is 13.2 Å². The highest BCUT2D eigenvalue weighted by atomic mass is 16.5. The van der Waals surface area contributed by atoms with Gasteiger partial charge in [-0.25, -0.2) is 4.99 Å². The number of aliphatic imine (C=N–C) groups is 2. The van der Waals surface area contributed by atoms with E-state index in [4.69, 9.17) is 4.74 Å². The summed E-state index contributed by atoms with van der Waals surface area (Å²) >= 11 is 0. The molecule has 1 rings (SSSR count).